The lowest BCUT2D eigenvalue weighted by Crippen LogP contribution is -2.39. The fourth-order valence-electron chi connectivity index (χ4n) is 3.76. The van der Waals surface area contributed by atoms with Gasteiger partial charge in [-0.15, -0.1) is 11.3 Å². The summed E-state index contributed by atoms with van der Waals surface area (Å²) >= 11 is 10.8. The average molecular weight is 544 g/mol. The molecule has 1 saturated heterocycles. The van der Waals surface area contributed by atoms with E-state index in [4.69, 9.17) is 11.6 Å². The van der Waals surface area contributed by atoms with E-state index in [1.54, 1.807) is 18.2 Å². The first-order valence-corrected chi connectivity index (χ1v) is 13.8. The van der Waals surface area contributed by atoms with Crippen molar-refractivity contribution >= 4 is 53.8 Å². The minimum absolute atomic E-state index is 0.358. The van der Waals surface area contributed by atoms with Gasteiger partial charge in [0, 0.05) is 35.2 Å². The summed E-state index contributed by atoms with van der Waals surface area (Å²) in [6.07, 6.45) is 1.64. The first-order chi connectivity index (χ1) is 14.8. The highest BCUT2D eigenvalue weighted by Gasteiger charge is 2.32. The van der Waals surface area contributed by atoms with Crippen molar-refractivity contribution in [2.75, 3.05) is 18.0 Å². The van der Waals surface area contributed by atoms with Crippen molar-refractivity contribution in [2.45, 2.75) is 34.7 Å². The molecule has 1 fully saturated rings. The van der Waals surface area contributed by atoms with Gasteiger partial charge >= 0.3 is 0 Å². The molecule has 0 spiro atoms. The molecule has 1 aromatic heterocycles. The number of thiazole rings is 1. The first-order valence-electron chi connectivity index (χ1n) is 9.88. The smallest absolute Gasteiger partial charge is 0.185 e. The van der Waals surface area contributed by atoms with Crippen LogP contribution in [-0.2, 0) is 21.6 Å². The van der Waals surface area contributed by atoms with Crippen molar-refractivity contribution in [1.29, 1.82) is 0 Å². The van der Waals surface area contributed by atoms with E-state index < -0.39 is 9.84 Å². The van der Waals surface area contributed by atoms with Crippen LogP contribution >= 0.6 is 38.9 Å². The van der Waals surface area contributed by atoms with Gasteiger partial charge in [-0.2, -0.15) is 0 Å². The van der Waals surface area contributed by atoms with Gasteiger partial charge in [0.05, 0.1) is 15.8 Å². The summed E-state index contributed by atoms with van der Waals surface area (Å²) in [4.78, 5) is 7.20. The Labute approximate surface area is 199 Å². The summed E-state index contributed by atoms with van der Waals surface area (Å²) in [7, 11) is -3.34. The molecule has 0 amide bonds. The Morgan fingerprint density at radius 1 is 1.13 bits per heavy atom. The molecule has 2 aromatic carbocycles. The van der Waals surface area contributed by atoms with Crippen molar-refractivity contribution in [1.82, 2.24) is 4.98 Å². The summed E-state index contributed by atoms with van der Waals surface area (Å²) in [5.74, 6) is -0.358. The molecule has 1 aliphatic heterocycles. The zero-order valence-corrected chi connectivity index (χ0v) is 20.6. The largest absolute Gasteiger partial charge is 0.348 e. The number of sulfone groups is 1. The number of aromatic nitrogens is 1. The van der Waals surface area contributed by atoms with Crippen molar-refractivity contribution in [3.8, 4) is 0 Å². The number of anilines is 1. The van der Waals surface area contributed by atoms with Crippen molar-refractivity contribution in [2.24, 2.45) is 0 Å². The normalized spacial score (nSPS) is 15.4. The third-order valence-corrected chi connectivity index (χ3v) is 9.50. The molecule has 31 heavy (non-hydrogen) atoms. The predicted molar refractivity (Wildman–Crippen MR) is 128 cm³/mol. The fraction of sp³-hybridized carbons (Fsp3) is 0.318. The second-order valence-corrected chi connectivity index (χ2v) is 11.6. The van der Waals surface area contributed by atoms with Gasteiger partial charge in [-0.3, -0.25) is 0 Å². The summed E-state index contributed by atoms with van der Waals surface area (Å²) in [5, 5.41) is 3.52. The SMILES string of the molecule is O=S(=O)(c1ccc(CBr)cc1)C1CCN(c2nc(Cc3cc(F)cc(Cl)c3)cs2)CC1. The van der Waals surface area contributed by atoms with Crippen molar-refractivity contribution in [3.05, 3.63) is 75.5 Å². The lowest BCUT2D eigenvalue weighted by atomic mass is 10.1. The quantitative estimate of drug-likeness (QED) is 0.365. The first kappa shape index (κ1) is 22.7. The third kappa shape index (κ3) is 5.30. The van der Waals surface area contributed by atoms with E-state index in [0.29, 0.717) is 47.6 Å². The topological polar surface area (TPSA) is 50.3 Å². The standard InChI is InChI=1S/C22H21BrClFN2O2S2/c23-13-15-1-3-20(4-2-15)31(28,29)21-5-7-27(8-6-21)22-26-19(14-30-22)11-16-9-17(24)12-18(25)10-16/h1-4,9-10,12,14,21H,5-8,11,13H2. The maximum absolute atomic E-state index is 13.6. The van der Waals surface area contributed by atoms with E-state index in [1.165, 1.54) is 23.5 Å². The van der Waals surface area contributed by atoms with Crippen LogP contribution in [0.25, 0.3) is 0 Å². The van der Waals surface area contributed by atoms with Gasteiger partial charge in [-0.25, -0.2) is 17.8 Å². The minimum Gasteiger partial charge on any atom is -0.348 e. The van der Waals surface area contributed by atoms with Crippen LogP contribution in [0, 0.1) is 5.82 Å². The molecule has 0 bridgehead atoms. The molecule has 3 aromatic rings. The maximum atomic E-state index is 13.6. The highest BCUT2D eigenvalue weighted by molar-refractivity contribution is 9.08. The lowest BCUT2D eigenvalue weighted by Gasteiger charge is -2.31. The molecule has 0 radical (unpaired) electrons. The van der Waals surface area contributed by atoms with E-state index in [-0.39, 0.29) is 11.1 Å². The van der Waals surface area contributed by atoms with Crippen LogP contribution in [0.4, 0.5) is 9.52 Å². The average Bonchev–Trinajstić information content (AvgIpc) is 3.21. The van der Waals surface area contributed by atoms with Gasteiger partial charge in [-0.1, -0.05) is 39.7 Å². The van der Waals surface area contributed by atoms with Crippen LogP contribution in [0.3, 0.4) is 0 Å². The molecule has 164 valence electrons. The number of nitrogens with zero attached hydrogens (tertiary/aromatic N) is 2. The Hall–Kier alpha value is -1.48. The molecule has 0 N–H and O–H groups in total. The number of benzene rings is 2. The minimum atomic E-state index is -3.34. The molecule has 9 heteroatoms. The number of piperidine rings is 1. The van der Waals surface area contributed by atoms with Gasteiger partial charge in [0.1, 0.15) is 5.82 Å². The van der Waals surface area contributed by atoms with E-state index in [2.05, 4.69) is 25.8 Å². The van der Waals surface area contributed by atoms with E-state index in [0.717, 1.165) is 22.0 Å². The van der Waals surface area contributed by atoms with Crippen molar-refractivity contribution in [3.63, 3.8) is 0 Å². The Morgan fingerprint density at radius 3 is 2.48 bits per heavy atom. The molecule has 4 nitrogen and oxygen atoms in total. The molecule has 0 saturated carbocycles. The van der Waals surface area contributed by atoms with Gasteiger partial charge in [-0.05, 0) is 54.3 Å². The van der Waals surface area contributed by atoms with Crippen molar-refractivity contribution < 1.29 is 12.8 Å². The second-order valence-electron chi connectivity index (χ2n) is 7.58. The van der Waals surface area contributed by atoms with Gasteiger partial charge < -0.3 is 4.90 Å². The Bertz CT molecular complexity index is 1140. The second kappa shape index (κ2) is 9.57. The highest BCUT2D eigenvalue weighted by Crippen LogP contribution is 2.30. The number of halogens is 3. The predicted octanol–water partition coefficient (Wildman–Crippen LogP) is 5.86. The van der Waals surface area contributed by atoms with Gasteiger partial charge in [0.25, 0.3) is 0 Å². The Morgan fingerprint density at radius 2 is 1.84 bits per heavy atom. The molecule has 2 heterocycles. The van der Waals surface area contributed by atoms with Crippen LogP contribution in [0.5, 0.6) is 0 Å². The van der Waals surface area contributed by atoms with Crippen LogP contribution in [0.1, 0.15) is 29.7 Å². The number of hydrogen-bond acceptors (Lipinski definition) is 5. The summed E-state index contributed by atoms with van der Waals surface area (Å²) in [6.45, 7) is 1.28. The third-order valence-electron chi connectivity index (χ3n) is 5.40. The van der Waals surface area contributed by atoms with Crippen LogP contribution < -0.4 is 4.90 Å². The van der Waals surface area contributed by atoms with Gasteiger partial charge in [0.15, 0.2) is 15.0 Å². The maximum Gasteiger partial charge on any atom is 0.185 e. The summed E-state index contributed by atoms with van der Waals surface area (Å²) in [6, 6.07) is 11.6. The van der Waals surface area contributed by atoms with Gasteiger partial charge in [0.2, 0.25) is 0 Å². The van der Waals surface area contributed by atoms with E-state index in [9.17, 15) is 12.8 Å². The molecule has 1 aliphatic rings. The highest BCUT2D eigenvalue weighted by atomic mass is 79.9. The molecular weight excluding hydrogens is 523 g/mol. The Kier molecular flexibility index (Phi) is 7.01. The summed E-state index contributed by atoms with van der Waals surface area (Å²) < 4.78 is 39.6. The zero-order valence-electron chi connectivity index (χ0n) is 16.6. The van der Waals surface area contributed by atoms with Crippen LogP contribution in [0.2, 0.25) is 5.02 Å². The van der Waals surface area contributed by atoms with Crippen LogP contribution in [0.15, 0.2) is 52.7 Å². The lowest BCUT2D eigenvalue weighted by molar-refractivity contribution is 0.529. The zero-order chi connectivity index (χ0) is 22.0. The van der Waals surface area contributed by atoms with Crippen LogP contribution in [-0.4, -0.2) is 31.7 Å². The Balaban J connectivity index is 1.39. The number of hydrogen-bond donors (Lipinski definition) is 0. The molecular formula is C22H21BrClFN2O2S2. The molecule has 0 unspecified atom stereocenters. The van der Waals surface area contributed by atoms with E-state index in [1.807, 2.05) is 17.5 Å². The molecule has 4 rings (SSSR count). The summed E-state index contributed by atoms with van der Waals surface area (Å²) in [5.41, 5.74) is 2.68. The number of rotatable bonds is 6. The fourth-order valence-corrected chi connectivity index (χ4v) is 6.99. The van der Waals surface area contributed by atoms with E-state index >= 15 is 0 Å². The molecule has 0 aliphatic carbocycles. The number of alkyl halides is 1. The monoisotopic (exact) mass is 542 g/mol. The molecule has 0 atom stereocenters.